The molecule has 0 N–H and O–H groups in total. The summed E-state index contributed by atoms with van der Waals surface area (Å²) in [5.74, 6) is 0. The molecule has 0 bridgehead atoms. The maximum atomic E-state index is 12.0. The largest absolute Gasteiger partial charge is 0.275 e. The van der Waals surface area contributed by atoms with Gasteiger partial charge in [-0.1, -0.05) is 39.0 Å². The van der Waals surface area contributed by atoms with Crippen LogP contribution >= 0.6 is 34.4 Å². The van der Waals surface area contributed by atoms with Crippen LogP contribution in [0.4, 0.5) is 0 Å². The second kappa shape index (κ2) is 5.75. The van der Waals surface area contributed by atoms with Crippen molar-refractivity contribution in [2.45, 2.75) is 48.2 Å². The lowest BCUT2D eigenvalue weighted by Crippen LogP contribution is -2.14. The first-order valence-electron chi connectivity index (χ1n) is 6.91. The second-order valence-electron chi connectivity index (χ2n) is 5.84. The molecule has 0 unspecified atom stereocenters. The maximum Gasteiger partial charge on any atom is 0.275 e. The van der Waals surface area contributed by atoms with Crippen LogP contribution in [-0.2, 0) is 11.8 Å². The predicted molar refractivity (Wildman–Crippen MR) is 91.4 cm³/mol. The van der Waals surface area contributed by atoms with Crippen molar-refractivity contribution in [3.05, 3.63) is 33.2 Å². The van der Waals surface area contributed by atoms with Gasteiger partial charge in [-0.05, 0) is 23.6 Å². The molecule has 0 aliphatic heterocycles. The zero-order chi connectivity index (χ0) is 15.9. The molecule has 3 rings (SSSR count). The number of aromatic nitrogens is 4. The normalized spacial score (nSPS) is 12.2. The molecule has 0 aliphatic carbocycles. The van der Waals surface area contributed by atoms with Gasteiger partial charge in [0.1, 0.15) is 0 Å². The molecule has 0 aliphatic rings. The van der Waals surface area contributed by atoms with Gasteiger partial charge in [-0.3, -0.25) is 4.79 Å². The molecule has 0 amide bonds. The van der Waals surface area contributed by atoms with Crippen LogP contribution < -0.4 is 5.56 Å². The van der Waals surface area contributed by atoms with E-state index in [1.54, 1.807) is 17.4 Å². The molecule has 0 aromatic carbocycles. The van der Waals surface area contributed by atoms with Crippen LogP contribution in [0.1, 0.15) is 38.3 Å². The summed E-state index contributed by atoms with van der Waals surface area (Å²) in [6.07, 6.45) is 2.66. The lowest BCUT2D eigenvalue weighted by atomic mass is 9.96. The van der Waals surface area contributed by atoms with Crippen LogP contribution in [0.2, 0.25) is 0 Å². The number of rotatable bonds is 3. The minimum atomic E-state index is -0.125. The standard InChI is InChI=1S/C14H16N4OS3/c1-5-8-6-10(19)18-11(16-8)21-13(17-18)22-12-15-7-9(20-12)14(2,3)4/h6-7H,5H2,1-4H3. The molecule has 22 heavy (non-hydrogen) atoms. The number of nitrogens with zero attached hydrogens (tertiary/aromatic N) is 4. The summed E-state index contributed by atoms with van der Waals surface area (Å²) in [6.45, 7) is 8.49. The molecule has 8 heteroatoms. The molecule has 0 fully saturated rings. The molecule has 0 spiro atoms. The lowest BCUT2D eigenvalue weighted by Gasteiger charge is -2.14. The van der Waals surface area contributed by atoms with Gasteiger partial charge in [-0.25, -0.2) is 9.97 Å². The van der Waals surface area contributed by atoms with Crippen LogP contribution in [0.5, 0.6) is 0 Å². The monoisotopic (exact) mass is 352 g/mol. The van der Waals surface area contributed by atoms with Gasteiger partial charge in [-0.2, -0.15) is 4.52 Å². The van der Waals surface area contributed by atoms with Crippen molar-refractivity contribution in [3.8, 4) is 0 Å². The van der Waals surface area contributed by atoms with E-state index in [-0.39, 0.29) is 11.0 Å². The van der Waals surface area contributed by atoms with Crippen molar-refractivity contribution < 1.29 is 0 Å². The van der Waals surface area contributed by atoms with Crippen LogP contribution in [0.3, 0.4) is 0 Å². The van der Waals surface area contributed by atoms with Gasteiger partial charge < -0.3 is 0 Å². The second-order valence-corrected chi connectivity index (χ2v) is 9.33. The third-order valence-corrected chi connectivity index (χ3v) is 6.50. The van der Waals surface area contributed by atoms with E-state index in [1.165, 1.54) is 32.5 Å². The van der Waals surface area contributed by atoms with Crippen molar-refractivity contribution in [3.63, 3.8) is 0 Å². The van der Waals surface area contributed by atoms with Gasteiger partial charge in [0, 0.05) is 22.8 Å². The Bertz CT molecular complexity index is 872. The fourth-order valence-corrected chi connectivity index (χ4v) is 4.99. The van der Waals surface area contributed by atoms with E-state index in [2.05, 4.69) is 35.8 Å². The number of fused-ring (bicyclic) bond motifs is 1. The van der Waals surface area contributed by atoms with E-state index < -0.39 is 0 Å². The first kappa shape index (κ1) is 15.6. The van der Waals surface area contributed by atoms with Crippen molar-refractivity contribution in [2.75, 3.05) is 0 Å². The van der Waals surface area contributed by atoms with Crippen LogP contribution in [0.25, 0.3) is 4.96 Å². The average Bonchev–Trinajstić information content (AvgIpc) is 3.05. The van der Waals surface area contributed by atoms with Crippen LogP contribution in [0, 0.1) is 0 Å². The zero-order valence-electron chi connectivity index (χ0n) is 12.8. The van der Waals surface area contributed by atoms with E-state index in [0.717, 1.165) is 20.8 Å². The molecule has 3 aromatic rings. The summed E-state index contributed by atoms with van der Waals surface area (Å²) in [5.41, 5.74) is 0.771. The minimum Gasteiger partial charge on any atom is -0.267 e. The quantitative estimate of drug-likeness (QED) is 0.720. The fourth-order valence-electron chi connectivity index (χ4n) is 1.79. The third kappa shape index (κ3) is 3.09. The average molecular weight is 353 g/mol. The van der Waals surface area contributed by atoms with Gasteiger partial charge >= 0.3 is 0 Å². The Kier molecular flexibility index (Phi) is 4.09. The summed E-state index contributed by atoms with van der Waals surface area (Å²) in [5, 5.41) is 4.34. The summed E-state index contributed by atoms with van der Waals surface area (Å²) >= 11 is 4.58. The predicted octanol–water partition coefficient (Wildman–Crippen LogP) is 3.62. The summed E-state index contributed by atoms with van der Waals surface area (Å²) in [7, 11) is 0. The molecule has 0 atom stereocenters. The van der Waals surface area contributed by atoms with Crippen molar-refractivity contribution in [2.24, 2.45) is 0 Å². The topological polar surface area (TPSA) is 60.2 Å². The molecular formula is C14H16N4OS3. The number of aryl methyl sites for hydroxylation is 1. The van der Waals surface area contributed by atoms with Gasteiger partial charge in [0.05, 0.1) is 0 Å². The van der Waals surface area contributed by atoms with Gasteiger partial charge in [0.2, 0.25) is 4.96 Å². The molecule has 3 aromatic heterocycles. The highest BCUT2D eigenvalue weighted by Crippen LogP contribution is 2.36. The van der Waals surface area contributed by atoms with Crippen molar-refractivity contribution >= 4 is 39.4 Å². The molecule has 5 nitrogen and oxygen atoms in total. The molecule has 0 saturated heterocycles. The van der Waals surface area contributed by atoms with E-state index in [4.69, 9.17) is 0 Å². The maximum absolute atomic E-state index is 12.0. The Morgan fingerprint density at radius 2 is 2.05 bits per heavy atom. The SMILES string of the molecule is CCc1cc(=O)n2nc(Sc3ncc(C(C)(C)C)s3)sc2n1. The van der Waals surface area contributed by atoms with Gasteiger partial charge in [0.25, 0.3) is 5.56 Å². The molecule has 0 saturated carbocycles. The van der Waals surface area contributed by atoms with Crippen LogP contribution in [0.15, 0.2) is 25.7 Å². The summed E-state index contributed by atoms with van der Waals surface area (Å²) in [4.78, 5) is 22.8. The molecule has 0 radical (unpaired) electrons. The smallest absolute Gasteiger partial charge is 0.267 e. The van der Waals surface area contributed by atoms with Crippen molar-refractivity contribution in [1.82, 2.24) is 19.6 Å². The highest BCUT2D eigenvalue weighted by molar-refractivity contribution is 8.02. The number of hydrogen-bond donors (Lipinski definition) is 0. The van der Waals surface area contributed by atoms with E-state index in [0.29, 0.717) is 4.96 Å². The number of thiazole rings is 1. The fraction of sp³-hybridized carbons (Fsp3) is 0.429. The Morgan fingerprint density at radius 1 is 1.27 bits per heavy atom. The zero-order valence-corrected chi connectivity index (χ0v) is 15.2. The van der Waals surface area contributed by atoms with E-state index in [9.17, 15) is 4.79 Å². The first-order valence-corrected chi connectivity index (χ1v) is 9.35. The summed E-state index contributed by atoms with van der Waals surface area (Å²) in [6, 6.07) is 1.54. The Labute approximate surface area is 140 Å². The minimum absolute atomic E-state index is 0.0958. The molecule has 116 valence electrons. The first-order chi connectivity index (χ1) is 10.4. The van der Waals surface area contributed by atoms with Gasteiger partial charge in [0.15, 0.2) is 8.68 Å². The summed E-state index contributed by atoms with van der Waals surface area (Å²) < 4.78 is 3.09. The molecule has 3 heterocycles. The van der Waals surface area contributed by atoms with Crippen molar-refractivity contribution in [1.29, 1.82) is 0 Å². The Hall–Kier alpha value is -1.25. The third-order valence-electron chi connectivity index (χ3n) is 3.04. The Morgan fingerprint density at radius 3 is 2.68 bits per heavy atom. The van der Waals surface area contributed by atoms with Crippen LogP contribution in [-0.4, -0.2) is 19.6 Å². The number of hydrogen-bond acceptors (Lipinski definition) is 7. The Balaban J connectivity index is 1.93. The van der Waals surface area contributed by atoms with Gasteiger partial charge in [-0.15, -0.1) is 16.4 Å². The van der Waals surface area contributed by atoms with E-state index >= 15 is 0 Å². The molecular weight excluding hydrogens is 336 g/mol. The highest BCUT2D eigenvalue weighted by Gasteiger charge is 2.18. The lowest BCUT2D eigenvalue weighted by molar-refractivity contribution is 0.602. The highest BCUT2D eigenvalue weighted by atomic mass is 32.2. The van der Waals surface area contributed by atoms with E-state index in [1.807, 2.05) is 13.1 Å².